The summed E-state index contributed by atoms with van der Waals surface area (Å²) in [5.74, 6) is 0.0593. The molecule has 2 aliphatic heterocycles. The Morgan fingerprint density at radius 1 is 1.08 bits per heavy atom. The van der Waals surface area contributed by atoms with Crippen molar-refractivity contribution in [3.63, 3.8) is 0 Å². The third-order valence-corrected chi connectivity index (χ3v) is 4.79. The number of benzene rings is 1. The van der Waals surface area contributed by atoms with Crippen LogP contribution in [0.5, 0.6) is 0 Å². The molecule has 0 saturated carbocycles. The van der Waals surface area contributed by atoms with Crippen LogP contribution in [-0.2, 0) is 20.9 Å². The first-order valence-corrected chi connectivity index (χ1v) is 9.16. The topological polar surface area (TPSA) is 61.9 Å². The van der Waals surface area contributed by atoms with Crippen molar-refractivity contribution in [2.75, 3.05) is 39.3 Å². The predicted octanol–water partition coefficient (Wildman–Crippen LogP) is 1.02. The van der Waals surface area contributed by atoms with Crippen LogP contribution >= 0.6 is 0 Å². The van der Waals surface area contributed by atoms with Gasteiger partial charge in [-0.15, -0.1) is 0 Å². The van der Waals surface area contributed by atoms with Gasteiger partial charge in [0.25, 0.3) is 5.91 Å². The van der Waals surface area contributed by atoms with Gasteiger partial charge < -0.3 is 15.0 Å². The molecule has 136 valence electrons. The van der Waals surface area contributed by atoms with Crippen LogP contribution in [-0.4, -0.2) is 67.0 Å². The first-order valence-electron chi connectivity index (χ1n) is 9.16. The normalized spacial score (nSPS) is 21.8. The Morgan fingerprint density at radius 2 is 1.84 bits per heavy atom. The van der Waals surface area contributed by atoms with Gasteiger partial charge in [0.15, 0.2) is 0 Å². The summed E-state index contributed by atoms with van der Waals surface area (Å²) in [6.07, 6.45) is 2.91. The maximum Gasteiger partial charge on any atom is 0.253 e. The van der Waals surface area contributed by atoms with Gasteiger partial charge in [-0.3, -0.25) is 14.5 Å². The lowest BCUT2D eigenvalue weighted by molar-refractivity contribution is -0.151. The fourth-order valence-electron chi connectivity index (χ4n) is 3.37. The largest absolute Gasteiger partial charge is 0.366 e. The van der Waals surface area contributed by atoms with E-state index in [-0.39, 0.29) is 11.8 Å². The Hall–Kier alpha value is -1.92. The summed E-state index contributed by atoms with van der Waals surface area (Å²) < 4.78 is 5.67. The summed E-state index contributed by atoms with van der Waals surface area (Å²) in [5, 5.41) is 2.94. The monoisotopic (exact) mass is 345 g/mol. The molecule has 2 aliphatic rings. The van der Waals surface area contributed by atoms with Crippen LogP contribution in [0.15, 0.2) is 30.3 Å². The SMILES string of the molecule is O=C(CN1CCOC(C(=O)N2CCCCC2)C1)NCc1ccccc1. The van der Waals surface area contributed by atoms with E-state index in [1.54, 1.807) is 0 Å². The van der Waals surface area contributed by atoms with E-state index in [1.807, 2.05) is 40.1 Å². The molecule has 0 bridgehead atoms. The van der Waals surface area contributed by atoms with Crippen LogP contribution in [0.2, 0.25) is 0 Å². The van der Waals surface area contributed by atoms with Crippen molar-refractivity contribution in [3.8, 4) is 0 Å². The fourth-order valence-corrected chi connectivity index (χ4v) is 3.37. The van der Waals surface area contributed by atoms with E-state index < -0.39 is 6.10 Å². The second-order valence-corrected chi connectivity index (χ2v) is 6.74. The molecule has 1 unspecified atom stereocenters. The minimum atomic E-state index is -0.436. The molecule has 6 heteroatoms. The molecule has 0 aliphatic carbocycles. The van der Waals surface area contributed by atoms with Gasteiger partial charge in [-0.1, -0.05) is 30.3 Å². The molecule has 2 amide bonds. The Labute approximate surface area is 149 Å². The molecule has 0 spiro atoms. The first kappa shape index (κ1) is 17.9. The van der Waals surface area contributed by atoms with Crippen LogP contribution in [0.25, 0.3) is 0 Å². The minimum Gasteiger partial charge on any atom is -0.366 e. The zero-order chi connectivity index (χ0) is 17.5. The molecular formula is C19H27N3O3. The third-order valence-electron chi connectivity index (χ3n) is 4.79. The van der Waals surface area contributed by atoms with Gasteiger partial charge in [0.1, 0.15) is 6.10 Å². The molecule has 2 saturated heterocycles. The smallest absolute Gasteiger partial charge is 0.253 e. The second kappa shape index (κ2) is 8.97. The van der Waals surface area contributed by atoms with E-state index in [0.29, 0.717) is 32.8 Å². The van der Waals surface area contributed by atoms with Crippen LogP contribution < -0.4 is 5.32 Å². The number of nitrogens with one attached hydrogen (secondary N) is 1. The van der Waals surface area contributed by atoms with E-state index in [1.165, 1.54) is 6.42 Å². The molecule has 6 nitrogen and oxygen atoms in total. The third kappa shape index (κ3) is 5.28. The predicted molar refractivity (Wildman–Crippen MR) is 94.9 cm³/mol. The van der Waals surface area contributed by atoms with Crippen LogP contribution in [0.4, 0.5) is 0 Å². The van der Waals surface area contributed by atoms with Gasteiger partial charge in [0.05, 0.1) is 13.2 Å². The number of amides is 2. The average Bonchev–Trinajstić information content (AvgIpc) is 2.67. The van der Waals surface area contributed by atoms with E-state index in [4.69, 9.17) is 4.74 Å². The highest BCUT2D eigenvalue weighted by molar-refractivity contribution is 5.82. The van der Waals surface area contributed by atoms with Crippen molar-refractivity contribution in [2.45, 2.75) is 31.9 Å². The summed E-state index contributed by atoms with van der Waals surface area (Å²) in [5.41, 5.74) is 1.08. The average molecular weight is 345 g/mol. The lowest BCUT2D eigenvalue weighted by Gasteiger charge is -2.35. The zero-order valence-corrected chi connectivity index (χ0v) is 14.7. The van der Waals surface area contributed by atoms with Gasteiger partial charge in [0, 0.05) is 32.7 Å². The van der Waals surface area contributed by atoms with Crippen molar-refractivity contribution in [1.29, 1.82) is 0 Å². The highest BCUT2D eigenvalue weighted by atomic mass is 16.5. The number of nitrogens with zero attached hydrogens (tertiary/aromatic N) is 2. The highest BCUT2D eigenvalue weighted by Crippen LogP contribution is 2.14. The summed E-state index contributed by atoms with van der Waals surface area (Å²) in [4.78, 5) is 28.7. The molecule has 25 heavy (non-hydrogen) atoms. The van der Waals surface area contributed by atoms with E-state index in [9.17, 15) is 9.59 Å². The van der Waals surface area contributed by atoms with Crippen LogP contribution in [0.3, 0.4) is 0 Å². The number of likely N-dealkylation sites (tertiary alicyclic amines) is 1. The van der Waals surface area contributed by atoms with Gasteiger partial charge in [-0.25, -0.2) is 0 Å². The lowest BCUT2D eigenvalue weighted by atomic mass is 10.1. The number of hydrogen-bond donors (Lipinski definition) is 1. The maximum absolute atomic E-state index is 12.6. The number of carbonyl (C=O) groups excluding carboxylic acids is 2. The van der Waals surface area contributed by atoms with Crippen molar-refractivity contribution >= 4 is 11.8 Å². The fraction of sp³-hybridized carbons (Fsp3) is 0.579. The standard InChI is InChI=1S/C19H27N3O3/c23-18(20-13-16-7-3-1-4-8-16)15-21-11-12-25-17(14-21)19(24)22-9-5-2-6-10-22/h1,3-4,7-8,17H,2,5-6,9-15H2,(H,20,23). The molecular weight excluding hydrogens is 318 g/mol. The second-order valence-electron chi connectivity index (χ2n) is 6.74. The number of ether oxygens (including phenoxy) is 1. The van der Waals surface area contributed by atoms with E-state index in [2.05, 4.69) is 5.32 Å². The Bertz CT molecular complexity index is 573. The van der Waals surface area contributed by atoms with Crippen molar-refractivity contribution in [3.05, 3.63) is 35.9 Å². The Kier molecular flexibility index (Phi) is 6.42. The maximum atomic E-state index is 12.6. The molecule has 0 radical (unpaired) electrons. The zero-order valence-electron chi connectivity index (χ0n) is 14.7. The molecule has 1 aromatic carbocycles. The highest BCUT2D eigenvalue weighted by Gasteiger charge is 2.31. The summed E-state index contributed by atoms with van der Waals surface area (Å²) in [6.45, 7) is 4.17. The number of piperidine rings is 1. The van der Waals surface area contributed by atoms with Gasteiger partial charge >= 0.3 is 0 Å². The van der Waals surface area contributed by atoms with E-state index >= 15 is 0 Å². The molecule has 0 aromatic heterocycles. The first-order chi connectivity index (χ1) is 12.2. The quantitative estimate of drug-likeness (QED) is 0.865. The lowest BCUT2D eigenvalue weighted by Crippen LogP contribution is -2.53. The van der Waals surface area contributed by atoms with Crippen molar-refractivity contribution in [1.82, 2.24) is 15.1 Å². The van der Waals surface area contributed by atoms with Gasteiger partial charge in [-0.05, 0) is 24.8 Å². The van der Waals surface area contributed by atoms with Crippen molar-refractivity contribution in [2.24, 2.45) is 0 Å². The van der Waals surface area contributed by atoms with Crippen LogP contribution in [0, 0.1) is 0 Å². The Balaban J connectivity index is 1.44. The molecule has 1 N–H and O–H groups in total. The number of carbonyl (C=O) groups is 2. The Morgan fingerprint density at radius 3 is 2.60 bits per heavy atom. The molecule has 3 rings (SSSR count). The minimum absolute atomic E-state index is 0.0186. The molecule has 2 heterocycles. The number of hydrogen-bond acceptors (Lipinski definition) is 4. The number of morpholine rings is 1. The summed E-state index contributed by atoms with van der Waals surface area (Å²) in [7, 11) is 0. The van der Waals surface area contributed by atoms with Crippen LogP contribution in [0.1, 0.15) is 24.8 Å². The summed E-state index contributed by atoms with van der Waals surface area (Å²) in [6, 6.07) is 9.85. The van der Waals surface area contributed by atoms with Gasteiger partial charge in [-0.2, -0.15) is 0 Å². The number of rotatable bonds is 5. The summed E-state index contributed by atoms with van der Waals surface area (Å²) >= 11 is 0. The molecule has 1 aromatic rings. The van der Waals surface area contributed by atoms with Crippen molar-refractivity contribution < 1.29 is 14.3 Å². The van der Waals surface area contributed by atoms with E-state index in [0.717, 1.165) is 31.5 Å². The molecule has 2 fully saturated rings. The van der Waals surface area contributed by atoms with Gasteiger partial charge in [0.2, 0.25) is 5.91 Å². The molecule has 1 atom stereocenters.